The summed E-state index contributed by atoms with van der Waals surface area (Å²) in [4.78, 5) is 51.7. The maximum absolute atomic E-state index is 12.4. The number of nitrogens with zero attached hydrogens (tertiary/aromatic N) is 1. The lowest BCUT2D eigenvalue weighted by Crippen LogP contribution is -2.33. The Hall–Kier alpha value is -2.24. The maximum atomic E-state index is 12.4. The van der Waals surface area contributed by atoms with Gasteiger partial charge in [0.05, 0.1) is 12.0 Å². The third kappa shape index (κ3) is 3.62. The second-order valence-corrected chi connectivity index (χ2v) is 7.69. The number of aliphatic hydroxyl groups is 1. The molecule has 148 valence electrons. The molecule has 0 bridgehead atoms. The summed E-state index contributed by atoms with van der Waals surface area (Å²) >= 11 is 0.650. The topological polar surface area (TPSA) is 143 Å². The van der Waals surface area contributed by atoms with E-state index in [1.807, 2.05) is 6.92 Å². The Balaban J connectivity index is 1.93. The number of thiazole rings is 1. The number of carbonyl (C=O) groups excluding carboxylic acids is 1. The lowest BCUT2D eigenvalue weighted by Gasteiger charge is -2.23. The molecule has 2 aromatic rings. The molecule has 0 aromatic carbocycles. The molecule has 1 aliphatic rings. The Morgan fingerprint density at radius 2 is 2.07 bits per heavy atom. The molecule has 4 atom stereocenters. The van der Waals surface area contributed by atoms with E-state index in [0.29, 0.717) is 17.8 Å². The minimum atomic E-state index is -1.10. The van der Waals surface area contributed by atoms with E-state index in [0.717, 1.165) is 4.57 Å². The number of carbonyl (C=O) groups is 1. The standard InChI is InChI=1S/C16H21N3O7S/c1-4-8(26-14(22)6(2)3)9-5-7(20)13(25-9)19-11-10(27-16(19)24)12(21)18-15(23)17-11/h6-9,13,20H,4-5H2,1-3H3,(H2,17,18,21,23). The average molecular weight is 399 g/mol. The van der Waals surface area contributed by atoms with Crippen LogP contribution in [0.4, 0.5) is 0 Å². The fourth-order valence-corrected chi connectivity index (χ4v) is 3.90. The van der Waals surface area contributed by atoms with Gasteiger partial charge in [-0.1, -0.05) is 32.1 Å². The van der Waals surface area contributed by atoms with Gasteiger partial charge in [-0.2, -0.15) is 0 Å². The smallest absolute Gasteiger partial charge is 0.327 e. The van der Waals surface area contributed by atoms with Gasteiger partial charge in [0.1, 0.15) is 22.6 Å². The summed E-state index contributed by atoms with van der Waals surface area (Å²) in [6.07, 6.45) is -2.75. The zero-order valence-electron chi connectivity index (χ0n) is 15.1. The van der Waals surface area contributed by atoms with Crippen LogP contribution in [0.25, 0.3) is 10.3 Å². The molecule has 2 aromatic heterocycles. The fourth-order valence-electron chi connectivity index (χ4n) is 3.05. The predicted octanol–water partition coefficient (Wildman–Crippen LogP) is 0.0658. The van der Waals surface area contributed by atoms with E-state index in [2.05, 4.69) is 9.97 Å². The number of aromatic nitrogens is 3. The molecule has 3 N–H and O–H groups in total. The van der Waals surface area contributed by atoms with Gasteiger partial charge >= 0.3 is 16.5 Å². The molecule has 0 amide bonds. The van der Waals surface area contributed by atoms with Crippen molar-refractivity contribution >= 4 is 27.7 Å². The van der Waals surface area contributed by atoms with Gasteiger partial charge in [-0.3, -0.25) is 28.9 Å². The van der Waals surface area contributed by atoms with Crippen LogP contribution in [0.1, 0.15) is 39.8 Å². The van der Waals surface area contributed by atoms with Gasteiger partial charge in [0.15, 0.2) is 6.23 Å². The first kappa shape index (κ1) is 19.5. The fraction of sp³-hybridized carbons (Fsp3) is 0.625. The van der Waals surface area contributed by atoms with Crippen molar-refractivity contribution in [2.24, 2.45) is 5.92 Å². The predicted molar refractivity (Wildman–Crippen MR) is 96.9 cm³/mol. The largest absolute Gasteiger partial charge is 0.459 e. The number of hydrogen-bond acceptors (Lipinski definition) is 8. The first-order valence-corrected chi connectivity index (χ1v) is 9.46. The summed E-state index contributed by atoms with van der Waals surface area (Å²) < 4.78 is 12.4. The number of H-pyrrole nitrogens is 2. The molecule has 0 radical (unpaired) electrons. The number of hydrogen-bond donors (Lipinski definition) is 3. The highest BCUT2D eigenvalue weighted by molar-refractivity contribution is 7.16. The van der Waals surface area contributed by atoms with E-state index in [4.69, 9.17) is 9.47 Å². The number of fused-ring (bicyclic) bond motifs is 1. The quantitative estimate of drug-likeness (QED) is 0.603. The van der Waals surface area contributed by atoms with Gasteiger partial charge in [-0.15, -0.1) is 0 Å². The van der Waals surface area contributed by atoms with Gasteiger partial charge in [0.2, 0.25) is 0 Å². The molecule has 3 heterocycles. The molecule has 10 nitrogen and oxygen atoms in total. The van der Waals surface area contributed by atoms with Crippen molar-refractivity contribution in [2.75, 3.05) is 0 Å². The molecule has 11 heteroatoms. The van der Waals surface area contributed by atoms with E-state index >= 15 is 0 Å². The first-order chi connectivity index (χ1) is 12.7. The summed E-state index contributed by atoms with van der Waals surface area (Å²) in [5.41, 5.74) is -1.45. The van der Waals surface area contributed by atoms with E-state index < -0.39 is 40.7 Å². The van der Waals surface area contributed by atoms with Crippen LogP contribution in [-0.4, -0.2) is 43.9 Å². The molecule has 0 aliphatic carbocycles. The second-order valence-electron chi connectivity index (χ2n) is 6.73. The molecule has 3 rings (SSSR count). The monoisotopic (exact) mass is 399 g/mol. The van der Waals surface area contributed by atoms with E-state index in [9.17, 15) is 24.3 Å². The highest BCUT2D eigenvalue weighted by Gasteiger charge is 2.42. The Morgan fingerprint density at radius 3 is 2.70 bits per heavy atom. The summed E-state index contributed by atoms with van der Waals surface area (Å²) in [5, 5.41) is 10.4. The van der Waals surface area contributed by atoms with Crippen LogP contribution < -0.4 is 16.1 Å². The van der Waals surface area contributed by atoms with E-state index in [-0.39, 0.29) is 28.7 Å². The number of rotatable bonds is 5. The summed E-state index contributed by atoms with van der Waals surface area (Å²) in [5.74, 6) is -0.682. The Kier molecular flexibility index (Phi) is 5.36. The Labute approximate surface area is 156 Å². The van der Waals surface area contributed by atoms with Crippen molar-refractivity contribution in [1.29, 1.82) is 0 Å². The van der Waals surface area contributed by atoms with Crippen molar-refractivity contribution in [2.45, 2.75) is 58.2 Å². The van der Waals surface area contributed by atoms with Crippen LogP contribution in [0.2, 0.25) is 0 Å². The zero-order valence-corrected chi connectivity index (χ0v) is 15.9. The molecule has 0 saturated carbocycles. The lowest BCUT2D eigenvalue weighted by atomic mass is 10.1. The van der Waals surface area contributed by atoms with E-state index in [1.165, 1.54) is 0 Å². The third-order valence-corrected chi connectivity index (χ3v) is 5.39. The number of ether oxygens (including phenoxy) is 2. The van der Waals surface area contributed by atoms with Crippen LogP contribution in [0.15, 0.2) is 14.4 Å². The number of aromatic amines is 2. The van der Waals surface area contributed by atoms with Crippen molar-refractivity contribution in [3.63, 3.8) is 0 Å². The van der Waals surface area contributed by atoms with Gasteiger partial charge < -0.3 is 14.6 Å². The highest BCUT2D eigenvalue weighted by atomic mass is 32.1. The number of aliphatic hydroxyl groups excluding tert-OH is 1. The lowest BCUT2D eigenvalue weighted by molar-refractivity contribution is -0.163. The maximum Gasteiger partial charge on any atom is 0.327 e. The molecule has 0 spiro atoms. The molecule has 4 unspecified atom stereocenters. The van der Waals surface area contributed by atoms with Crippen molar-refractivity contribution in [3.05, 3.63) is 30.5 Å². The van der Waals surface area contributed by atoms with Gasteiger partial charge in [0.25, 0.3) is 5.56 Å². The molecular formula is C16H21N3O7S. The second kappa shape index (κ2) is 7.41. The molecular weight excluding hydrogens is 378 g/mol. The molecule has 1 saturated heterocycles. The van der Waals surface area contributed by atoms with Crippen molar-refractivity contribution in [3.8, 4) is 0 Å². The van der Waals surface area contributed by atoms with Crippen molar-refractivity contribution in [1.82, 2.24) is 14.5 Å². The number of nitrogens with one attached hydrogen (secondary N) is 2. The van der Waals surface area contributed by atoms with Gasteiger partial charge in [-0.05, 0) is 6.42 Å². The summed E-state index contributed by atoms with van der Waals surface area (Å²) in [7, 11) is 0. The summed E-state index contributed by atoms with van der Waals surface area (Å²) in [6, 6.07) is 0. The van der Waals surface area contributed by atoms with Crippen LogP contribution in [0.5, 0.6) is 0 Å². The molecule has 1 fully saturated rings. The molecule has 1 aliphatic heterocycles. The van der Waals surface area contributed by atoms with Crippen molar-refractivity contribution < 1.29 is 19.4 Å². The van der Waals surface area contributed by atoms with Crippen LogP contribution in [0.3, 0.4) is 0 Å². The minimum Gasteiger partial charge on any atom is -0.459 e. The van der Waals surface area contributed by atoms with Gasteiger partial charge in [-0.25, -0.2) is 4.79 Å². The van der Waals surface area contributed by atoms with E-state index in [1.54, 1.807) is 13.8 Å². The SMILES string of the molecule is CCC(OC(=O)C(C)C)C1CC(O)C(n2c(=O)sc3c(=O)[nH]c(=O)[nH]c32)O1. The first-order valence-electron chi connectivity index (χ1n) is 8.64. The van der Waals surface area contributed by atoms with Gasteiger partial charge in [0, 0.05) is 6.42 Å². The Bertz CT molecular complexity index is 1020. The van der Waals surface area contributed by atoms with Crippen LogP contribution in [-0.2, 0) is 14.3 Å². The average Bonchev–Trinajstić information content (AvgIpc) is 3.11. The highest BCUT2D eigenvalue weighted by Crippen LogP contribution is 2.33. The Morgan fingerprint density at radius 1 is 1.37 bits per heavy atom. The normalized spacial score (nSPS) is 23.8. The minimum absolute atomic E-state index is 0.00401. The van der Waals surface area contributed by atoms with Crippen LogP contribution >= 0.6 is 11.3 Å². The number of esters is 1. The summed E-state index contributed by atoms with van der Waals surface area (Å²) in [6.45, 7) is 5.25. The third-order valence-electron chi connectivity index (χ3n) is 4.43. The van der Waals surface area contributed by atoms with Crippen LogP contribution in [0, 0.1) is 5.92 Å². The molecule has 27 heavy (non-hydrogen) atoms. The zero-order chi connectivity index (χ0) is 19.9.